The summed E-state index contributed by atoms with van der Waals surface area (Å²) < 4.78 is 42.0. The third-order valence-electron chi connectivity index (χ3n) is 4.18. The lowest BCUT2D eigenvalue weighted by Crippen LogP contribution is -1.88. The highest BCUT2D eigenvalue weighted by molar-refractivity contribution is 7.78. The molecule has 0 aromatic heterocycles. The second-order valence-electron chi connectivity index (χ2n) is 5.99. The Morgan fingerprint density at radius 2 is 1.50 bits per heavy atom. The Hall–Kier alpha value is -3.19. The first-order valence-electron chi connectivity index (χ1n) is 8.49. The van der Waals surface area contributed by atoms with Crippen molar-refractivity contribution in [2.75, 3.05) is 0 Å². The Balaban J connectivity index is 1.86. The van der Waals surface area contributed by atoms with Gasteiger partial charge in [0.1, 0.15) is 11.5 Å². The smallest absolute Gasteiger partial charge is 0.153 e. The molecule has 5 heteroatoms. The van der Waals surface area contributed by atoms with Crippen LogP contribution in [0.4, 0.5) is 18.9 Å². The highest BCUT2D eigenvalue weighted by Gasteiger charge is 2.11. The lowest BCUT2D eigenvalue weighted by Gasteiger charge is -2.05. The van der Waals surface area contributed by atoms with E-state index in [2.05, 4.69) is 29.1 Å². The number of isothiocyanates is 1. The largest absolute Gasteiger partial charge is 0.206 e. The van der Waals surface area contributed by atoms with Crippen molar-refractivity contribution in [3.05, 3.63) is 88.7 Å². The number of thiocarbonyl (C=S) groups is 1. The minimum Gasteiger partial charge on any atom is -0.206 e. The van der Waals surface area contributed by atoms with Crippen molar-refractivity contribution >= 4 is 23.1 Å². The van der Waals surface area contributed by atoms with Gasteiger partial charge in [0.15, 0.2) is 11.6 Å². The van der Waals surface area contributed by atoms with E-state index in [1.54, 1.807) is 30.3 Å². The summed E-state index contributed by atoms with van der Waals surface area (Å²) in [5.74, 6) is 3.71. The van der Waals surface area contributed by atoms with Gasteiger partial charge < -0.3 is 0 Å². The number of rotatable bonds is 3. The number of hydrogen-bond donors (Lipinski definition) is 0. The maximum absolute atomic E-state index is 14.0. The average molecular weight is 393 g/mol. The molecule has 0 spiro atoms. The molecule has 1 nitrogen and oxygen atoms in total. The fraction of sp³-hybridized carbons (Fsp3) is 0.0870. The van der Waals surface area contributed by atoms with Gasteiger partial charge in [0.05, 0.1) is 10.7 Å². The van der Waals surface area contributed by atoms with Gasteiger partial charge in [-0.15, -0.1) is 0 Å². The van der Waals surface area contributed by atoms with Crippen LogP contribution in [0, 0.1) is 29.3 Å². The summed E-state index contributed by atoms with van der Waals surface area (Å²) in [6.07, 6.45) is 0.756. The molecule has 0 atom stereocenters. The second-order valence-corrected chi connectivity index (χ2v) is 6.17. The Kier molecular flexibility index (Phi) is 6.06. The first-order valence-corrected chi connectivity index (χ1v) is 8.90. The summed E-state index contributed by atoms with van der Waals surface area (Å²) in [5, 5.41) is 1.96. The summed E-state index contributed by atoms with van der Waals surface area (Å²) in [5.41, 5.74) is 2.40. The number of aryl methyl sites for hydroxylation is 1. The second kappa shape index (κ2) is 8.67. The van der Waals surface area contributed by atoms with E-state index in [1.165, 1.54) is 18.2 Å². The lowest BCUT2D eigenvalue weighted by molar-refractivity contribution is 0.588. The molecule has 0 saturated carbocycles. The molecule has 28 heavy (non-hydrogen) atoms. The number of aliphatic imine (C=N–C) groups is 1. The summed E-state index contributed by atoms with van der Waals surface area (Å²) >= 11 is 4.39. The molecule has 3 aromatic rings. The Morgan fingerprint density at radius 1 is 0.821 bits per heavy atom. The molecule has 0 fully saturated rings. The van der Waals surface area contributed by atoms with E-state index < -0.39 is 17.3 Å². The number of nitrogens with zero attached hydrogens (tertiary/aromatic N) is 1. The van der Waals surface area contributed by atoms with Gasteiger partial charge in [0, 0.05) is 5.56 Å². The van der Waals surface area contributed by atoms with E-state index in [4.69, 9.17) is 0 Å². The molecule has 0 radical (unpaired) electrons. The Bertz CT molecular complexity index is 1110. The van der Waals surface area contributed by atoms with E-state index in [0.29, 0.717) is 22.3 Å². The standard InChI is InChI=1S/C23H14F3NS/c1-2-15-3-9-18(20(24)11-15)10-6-16-4-7-17(8-5-16)19-12-21(25)23(27-14-28)22(26)13-19/h3-5,7-9,11-13H,2H2,1H3. The van der Waals surface area contributed by atoms with Crippen molar-refractivity contribution in [1.29, 1.82) is 0 Å². The van der Waals surface area contributed by atoms with Crippen molar-refractivity contribution < 1.29 is 13.2 Å². The molecular weight excluding hydrogens is 379 g/mol. The minimum atomic E-state index is -0.817. The quantitative estimate of drug-likeness (QED) is 0.282. The molecule has 0 unspecified atom stereocenters. The van der Waals surface area contributed by atoms with Crippen LogP contribution in [0.2, 0.25) is 0 Å². The predicted molar refractivity (Wildman–Crippen MR) is 108 cm³/mol. The average Bonchev–Trinajstić information content (AvgIpc) is 2.70. The third kappa shape index (κ3) is 4.37. The minimum absolute atomic E-state index is 0.320. The summed E-state index contributed by atoms with van der Waals surface area (Å²) in [7, 11) is 0. The van der Waals surface area contributed by atoms with Gasteiger partial charge in [0.25, 0.3) is 0 Å². The molecule has 0 saturated heterocycles. The van der Waals surface area contributed by atoms with Crippen LogP contribution in [-0.2, 0) is 6.42 Å². The fourth-order valence-corrected chi connectivity index (χ4v) is 2.74. The molecule has 0 bridgehead atoms. The van der Waals surface area contributed by atoms with Crippen LogP contribution in [0.15, 0.2) is 59.6 Å². The zero-order chi connectivity index (χ0) is 20.1. The van der Waals surface area contributed by atoms with Gasteiger partial charge in [0.2, 0.25) is 0 Å². The lowest BCUT2D eigenvalue weighted by atomic mass is 10.0. The highest BCUT2D eigenvalue weighted by atomic mass is 32.1. The maximum Gasteiger partial charge on any atom is 0.153 e. The summed E-state index contributed by atoms with van der Waals surface area (Å²) in [6.45, 7) is 1.96. The van der Waals surface area contributed by atoms with E-state index in [1.807, 2.05) is 18.2 Å². The van der Waals surface area contributed by atoms with Crippen LogP contribution in [0.1, 0.15) is 23.6 Å². The molecule has 138 valence electrons. The monoisotopic (exact) mass is 393 g/mol. The molecule has 3 rings (SSSR count). The van der Waals surface area contributed by atoms with E-state index in [9.17, 15) is 13.2 Å². The predicted octanol–water partition coefficient (Wildman–Crippen LogP) is 6.47. The summed E-state index contributed by atoms with van der Waals surface area (Å²) in [4.78, 5) is 3.39. The van der Waals surface area contributed by atoms with E-state index >= 15 is 0 Å². The number of halogens is 3. The van der Waals surface area contributed by atoms with Gasteiger partial charge in [-0.1, -0.05) is 37.0 Å². The Morgan fingerprint density at radius 3 is 2.07 bits per heavy atom. The van der Waals surface area contributed by atoms with Gasteiger partial charge >= 0.3 is 0 Å². The normalized spacial score (nSPS) is 10.0. The molecule has 3 aromatic carbocycles. The molecule has 0 heterocycles. The van der Waals surface area contributed by atoms with Crippen LogP contribution in [0.25, 0.3) is 11.1 Å². The maximum atomic E-state index is 14.0. The zero-order valence-electron chi connectivity index (χ0n) is 14.9. The molecule has 0 amide bonds. The van der Waals surface area contributed by atoms with Crippen LogP contribution < -0.4 is 0 Å². The van der Waals surface area contributed by atoms with E-state index in [-0.39, 0.29) is 5.82 Å². The van der Waals surface area contributed by atoms with Crippen molar-refractivity contribution in [2.24, 2.45) is 4.99 Å². The van der Waals surface area contributed by atoms with Gasteiger partial charge in [-0.3, -0.25) is 0 Å². The van der Waals surface area contributed by atoms with Gasteiger partial charge in [-0.05, 0) is 71.7 Å². The van der Waals surface area contributed by atoms with Crippen molar-refractivity contribution in [1.82, 2.24) is 0 Å². The molecule has 0 N–H and O–H groups in total. The Labute approximate surface area is 166 Å². The van der Waals surface area contributed by atoms with Crippen LogP contribution in [0.5, 0.6) is 0 Å². The molecule has 0 aliphatic carbocycles. The van der Waals surface area contributed by atoms with Crippen LogP contribution in [0.3, 0.4) is 0 Å². The fourth-order valence-electron chi connectivity index (χ4n) is 2.65. The highest BCUT2D eigenvalue weighted by Crippen LogP contribution is 2.29. The molecule has 0 aliphatic rings. The molecular formula is C23H14F3NS. The van der Waals surface area contributed by atoms with Gasteiger partial charge in [-0.25, -0.2) is 13.2 Å². The van der Waals surface area contributed by atoms with Crippen molar-refractivity contribution in [3.8, 4) is 23.0 Å². The SMILES string of the molecule is CCc1ccc(C#Cc2ccc(-c3cc(F)c(N=C=S)c(F)c3)cc2)c(F)c1. The topological polar surface area (TPSA) is 12.4 Å². The van der Waals surface area contributed by atoms with E-state index in [0.717, 1.165) is 12.0 Å². The van der Waals surface area contributed by atoms with Gasteiger partial charge in [-0.2, -0.15) is 4.99 Å². The summed E-state index contributed by atoms with van der Waals surface area (Å²) in [6, 6.07) is 14.1. The number of benzene rings is 3. The first-order chi connectivity index (χ1) is 13.5. The van der Waals surface area contributed by atoms with Crippen molar-refractivity contribution in [2.45, 2.75) is 13.3 Å². The van der Waals surface area contributed by atoms with Crippen LogP contribution >= 0.6 is 12.2 Å². The first kappa shape index (κ1) is 19.6. The third-order valence-corrected chi connectivity index (χ3v) is 4.27. The van der Waals surface area contributed by atoms with Crippen molar-refractivity contribution in [3.63, 3.8) is 0 Å². The zero-order valence-corrected chi connectivity index (χ0v) is 15.7. The molecule has 0 aliphatic heterocycles. The number of hydrogen-bond acceptors (Lipinski definition) is 2. The van der Waals surface area contributed by atoms with Crippen LogP contribution in [-0.4, -0.2) is 5.16 Å².